The van der Waals surface area contributed by atoms with Crippen molar-refractivity contribution in [2.24, 2.45) is 5.73 Å². The predicted octanol–water partition coefficient (Wildman–Crippen LogP) is 1.07. The molecule has 0 saturated carbocycles. The molecule has 5 nitrogen and oxygen atoms in total. The molecule has 2 heterocycles. The van der Waals surface area contributed by atoms with E-state index in [9.17, 15) is 4.79 Å². The second kappa shape index (κ2) is 8.34. The standard InChI is InChI=1S/C11H18N4O.2ClH/c12-8-10-4-1-2-7-15(10)11(16)9-14-6-3-5-13-14;;/h3,5-6,10H,1-2,4,7-9,12H2;2*1H. The van der Waals surface area contributed by atoms with Crippen LogP contribution in [0.4, 0.5) is 0 Å². The minimum atomic E-state index is 0. The molecule has 2 N–H and O–H groups in total. The van der Waals surface area contributed by atoms with Gasteiger partial charge in [0, 0.05) is 31.5 Å². The molecule has 1 aromatic rings. The van der Waals surface area contributed by atoms with E-state index < -0.39 is 0 Å². The average molecular weight is 295 g/mol. The SMILES string of the molecule is Cl.Cl.NCC1CCCCN1C(=O)Cn1cccn1. The normalized spacial score (nSPS) is 18.7. The number of halogens is 2. The summed E-state index contributed by atoms with van der Waals surface area (Å²) >= 11 is 0. The highest BCUT2D eigenvalue weighted by atomic mass is 35.5. The molecule has 1 aliphatic heterocycles. The zero-order valence-electron chi connectivity index (χ0n) is 10.2. The summed E-state index contributed by atoms with van der Waals surface area (Å²) in [6.07, 6.45) is 6.78. The predicted molar refractivity (Wildman–Crippen MR) is 75.1 cm³/mol. The summed E-state index contributed by atoms with van der Waals surface area (Å²) < 4.78 is 1.66. The van der Waals surface area contributed by atoms with Crippen molar-refractivity contribution in [1.82, 2.24) is 14.7 Å². The van der Waals surface area contributed by atoms with E-state index in [1.807, 2.05) is 11.0 Å². The Kier molecular flexibility index (Phi) is 7.98. The van der Waals surface area contributed by atoms with Gasteiger partial charge in [0.1, 0.15) is 6.54 Å². The Hall–Kier alpha value is -0.780. The summed E-state index contributed by atoms with van der Waals surface area (Å²) in [6.45, 7) is 1.72. The lowest BCUT2D eigenvalue weighted by Crippen LogP contribution is -2.48. The first-order valence-electron chi connectivity index (χ1n) is 5.78. The van der Waals surface area contributed by atoms with Gasteiger partial charge >= 0.3 is 0 Å². The van der Waals surface area contributed by atoms with Gasteiger partial charge in [-0.3, -0.25) is 9.48 Å². The van der Waals surface area contributed by atoms with Gasteiger partial charge in [-0.1, -0.05) is 0 Å². The fourth-order valence-corrected chi connectivity index (χ4v) is 2.20. The van der Waals surface area contributed by atoms with E-state index >= 15 is 0 Å². The number of hydrogen-bond acceptors (Lipinski definition) is 3. The van der Waals surface area contributed by atoms with Gasteiger partial charge in [0.25, 0.3) is 0 Å². The molecule has 0 aliphatic carbocycles. The monoisotopic (exact) mass is 294 g/mol. The van der Waals surface area contributed by atoms with Gasteiger partial charge < -0.3 is 10.6 Å². The third kappa shape index (κ3) is 4.15. The Morgan fingerprint density at radius 1 is 1.39 bits per heavy atom. The quantitative estimate of drug-likeness (QED) is 0.907. The molecular weight excluding hydrogens is 275 g/mol. The number of carbonyl (C=O) groups excluding carboxylic acids is 1. The Balaban J connectivity index is 0.00000144. The molecule has 7 heteroatoms. The maximum absolute atomic E-state index is 12.0. The lowest BCUT2D eigenvalue weighted by Gasteiger charge is -2.35. The fraction of sp³-hybridized carbons (Fsp3) is 0.636. The lowest BCUT2D eigenvalue weighted by atomic mass is 10.0. The van der Waals surface area contributed by atoms with Crippen LogP contribution in [0.5, 0.6) is 0 Å². The molecule has 0 bridgehead atoms. The topological polar surface area (TPSA) is 64.2 Å². The Labute approximate surface area is 120 Å². The highest BCUT2D eigenvalue weighted by Gasteiger charge is 2.25. The van der Waals surface area contributed by atoms with Gasteiger partial charge in [0.2, 0.25) is 5.91 Å². The van der Waals surface area contributed by atoms with Crippen LogP contribution in [-0.2, 0) is 11.3 Å². The number of likely N-dealkylation sites (tertiary alicyclic amines) is 1. The number of aromatic nitrogens is 2. The zero-order valence-corrected chi connectivity index (χ0v) is 11.8. The first kappa shape index (κ1) is 17.2. The Bertz CT molecular complexity index is 345. The number of piperidine rings is 1. The third-order valence-electron chi connectivity index (χ3n) is 3.08. The van der Waals surface area contributed by atoms with Gasteiger partial charge in [-0.25, -0.2) is 0 Å². The van der Waals surface area contributed by atoms with E-state index in [1.54, 1.807) is 17.1 Å². The minimum Gasteiger partial charge on any atom is -0.337 e. The number of nitrogens with two attached hydrogens (primary N) is 1. The van der Waals surface area contributed by atoms with Gasteiger partial charge in [0.05, 0.1) is 0 Å². The van der Waals surface area contributed by atoms with Crippen LogP contribution in [-0.4, -0.2) is 39.7 Å². The van der Waals surface area contributed by atoms with Crippen LogP contribution in [0.15, 0.2) is 18.5 Å². The van der Waals surface area contributed by atoms with Gasteiger partial charge in [-0.05, 0) is 25.3 Å². The number of rotatable bonds is 3. The average Bonchev–Trinajstić information content (AvgIpc) is 2.81. The van der Waals surface area contributed by atoms with Crippen molar-refractivity contribution in [1.29, 1.82) is 0 Å². The number of carbonyl (C=O) groups is 1. The second-order valence-electron chi connectivity index (χ2n) is 4.18. The first-order chi connectivity index (χ1) is 7.81. The van der Waals surface area contributed by atoms with E-state index in [0.717, 1.165) is 19.4 Å². The molecular formula is C11H20Cl2N4O. The molecule has 0 spiro atoms. The fourth-order valence-electron chi connectivity index (χ4n) is 2.20. The van der Waals surface area contributed by atoms with E-state index in [-0.39, 0.29) is 36.8 Å². The van der Waals surface area contributed by atoms with E-state index in [2.05, 4.69) is 5.10 Å². The van der Waals surface area contributed by atoms with Crippen molar-refractivity contribution in [3.63, 3.8) is 0 Å². The molecule has 1 amide bonds. The summed E-state index contributed by atoms with van der Waals surface area (Å²) in [4.78, 5) is 14.0. The van der Waals surface area contributed by atoms with Crippen LogP contribution in [0.1, 0.15) is 19.3 Å². The van der Waals surface area contributed by atoms with E-state index in [1.165, 1.54) is 6.42 Å². The minimum absolute atomic E-state index is 0. The Morgan fingerprint density at radius 3 is 2.78 bits per heavy atom. The maximum atomic E-state index is 12.0. The third-order valence-corrected chi connectivity index (χ3v) is 3.08. The van der Waals surface area contributed by atoms with Gasteiger partial charge in [-0.2, -0.15) is 5.10 Å². The van der Waals surface area contributed by atoms with E-state index in [4.69, 9.17) is 5.73 Å². The summed E-state index contributed by atoms with van der Waals surface area (Å²) in [5, 5.41) is 4.04. The van der Waals surface area contributed by atoms with Crippen molar-refractivity contribution in [3.05, 3.63) is 18.5 Å². The van der Waals surface area contributed by atoms with Crippen LogP contribution >= 0.6 is 24.8 Å². The lowest BCUT2D eigenvalue weighted by molar-refractivity contribution is -0.135. The molecule has 104 valence electrons. The van der Waals surface area contributed by atoms with Crippen LogP contribution in [0.3, 0.4) is 0 Å². The highest BCUT2D eigenvalue weighted by Crippen LogP contribution is 2.16. The summed E-state index contributed by atoms with van der Waals surface area (Å²) in [7, 11) is 0. The molecule has 0 aromatic carbocycles. The summed E-state index contributed by atoms with van der Waals surface area (Å²) in [5.74, 6) is 0.124. The van der Waals surface area contributed by atoms with Crippen LogP contribution in [0.25, 0.3) is 0 Å². The van der Waals surface area contributed by atoms with Crippen molar-refractivity contribution >= 4 is 30.7 Å². The molecule has 1 aliphatic rings. The number of amides is 1. The zero-order chi connectivity index (χ0) is 11.4. The van der Waals surface area contributed by atoms with Gasteiger partial charge in [0.15, 0.2) is 0 Å². The van der Waals surface area contributed by atoms with Crippen molar-refractivity contribution in [2.75, 3.05) is 13.1 Å². The molecule has 0 radical (unpaired) electrons. The number of nitrogens with zero attached hydrogens (tertiary/aromatic N) is 3. The van der Waals surface area contributed by atoms with Crippen LogP contribution in [0.2, 0.25) is 0 Å². The highest BCUT2D eigenvalue weighted by molar-refractivity contribution is 5.85. The van der Waals surface area contributed by atoms with Crippen molar-refractivity contribution in [2.45, 2.75) is 31.8 Å². The van der Waals surface area contributed by atoms with Crippen molar-refractivity contribution in [3.8, 4) is 0 Å². The van der Waals surface area contributed by atoms with Gasteiger partial charge in [-0.15, -0.1) is 24.8 Å². The summed E-state index contributed by atoms with van der Waals surface area (Å²) in [5.41, 5.74) is 5.69. The first-order valence-corrected chi connectivity index (χ1v) is 5.78. The molecule has 1 atom stereocenters. The molecule has 1 unspecified atom stereocenters. The largest absolute Gasteiger partial charge is 0.337 e. The molecule has 1 aromatic heterocycles. The van der Waals surface area contributed by atoms with E-state index in [0.29, 0.717) is 13.1 Å². The molecule has 18 heavy (non-hydrogen) atoms. The molecule has 1 fully saturated rings. The molecule has 1 saturated heterocycles. The Morgan fingerprint density at radius 2 is 2.17 bits per heavy atom. The van der Waals surface area contributed by atoms with Crippen LogP contribution in [0, 0.1) is 0 Å². The summed E-state index contributed by atoms with van der Waals surface area (Å²) in [6, 6.07) is 2.04. The van der Waals surface area contributed by atoms with Crippen molar-refractivity contribution < 1.29 is 4.79 Å². The molecule has 2 rings (SSSR count). The number of hydrogen-bond donors (Lipinski definition) is 1. The maximum Gasteiger partial charge on any atom is 0.244 e. The second-order valence-corrected chi connectivity index (χ2v) is 4.18. The smallest absolute Gasteiger partial charge is 0.244 e. The van der Waals surface area contributed by atoms with Crippen LogP contribution < -0.4 is 5.73 Å².